The second kappa shape index (κ2) is 6.33. The van der Waals surface area contributed by atoms with E-state index in [1.54, 1.807) is 0 Å². The van der Waals surface area contributed by atoms with Crippen molar-refractivity contribution in [2.24, 2.45) is 0 Å². The molecular weight excluding hydrogens is 315 g/mol. The van der Waals surface area contributed by atoms with Crippen LogP contribution in [0.15, 0.2) is 91.0 Å². The van der Waals surface area contributed by atoms with E-state index in [1.165, 1.54) is 19.5 Å². The van der Waals surface area contributed by atoms with E-state index in [0.717, 1.165) is 0 Å². The zero-order chi connectivity index (χ0) is 14.5. The molecule has 0 amide bonds. The first kappa shape index (κ1) is 14.2. The Morgan fingerprint density at radius 3 is 1.38 bits per heavy atom. The standard InChI is InChI=1S/C20H20As/c1-21(19-13-7-3-8-14-19,20-15-9-4-10-16-20)17-18-11-5-2-6-12-18/h2-16H,17H2,1H3/q+1. The first-order valence-electron chi connectivity index (χ1n) is 7.30. The molecule has 104 valence electrons. The van der Waals surface area contributed by atoms with Crippen LogP contribution in [0.2, 0.25) is 5.71 Å². The van der Waals surface area contributed by atoms with E-state index in [0.29, 0.717) is 0 Å². The van der Waals surface area contributed by atoms with Gasteiger partial charge in [0.15, 0.2) is 0 Å². The van der Waals surface area contributed by atoms with E-state index < -0.39 is 13.6 Å². The quantitative estimate of drug-likeness (QED) is 0.639. The van der Waals surface area contributed by atoms with Gasteiger partial charge in [-0.1, -0.05) is 0 Å². The molecule has 0 atom stereocenters. The third kappa shape index (κ3) is 3.12. The Bertz CT molecular complexity index is 635. The van der Waals surface area contributed by atoms with Crippen LogP contribution >= 0.6 is 0 Å². The maximum atomic E-state index is 2.51. The number of rotatable bonds is 4. The minimum absolute atomic E-state index is 1.17. The van der Waals surface area contributed by atoms with Gasteiger partial charge >= 0.3 is 130 Å². The van der Waals surface area contributed by atoms with E-state index in [-0.39, 0.29) is 0 Å². The average Bonchev–Trinajstić information content (AvgIpc) is 2.57. The van der Waals surface area contributed by atoms with Crippen molar-refractivity contribution in [2.75, 3.05) is 0 Å². The number of benzene rings is 3. The maximum absolute atomic E-state index is 2.51. The summed E-state index contributed by atoms with van der Waals surface area (Å²) in [6, 6.07) is 33.0. The molecule has 0 unspecified atom stereocenters. The molecule has 0 bridgehead atoms. The molecule has 0 aliphatic carbocycles. The molecule has 0 saturated carbocycles. The Kier molecular flexibility index (Phi) is 4.27. The topological polar surface area (TPSA) is 0 Å². The average molecular weight is 335 g/mol. The van der Waals surface area contributed by atoms with E-state index in [4.69, 9.17) is 0 Å². The Balaban J connectivity index is 2.07. The fourth-order valence-electron chi connectivity index (χ4n) is 2.79. The molecule has 0 radical (unpaired) electrons. The van der Waals surface area contributed by atoms with Crippen LogP contribution in [0.3, 0.4) is 0 Å². The van der Waals surface area contributed by atoms with Gasteiger partial charge in [-0.15, -0.1) is 0 Å². The molecule has 0 fully saturated rings. The molecule has 3 rings (SSSR count). The summed E-state index contributed by atoms with van der Waals surface area (Å²) in [4.78, 5) is 0. The van der Waals surface area contributed by atoms with Crippen molar-refractivity contribution in [3.63, 3.8) is 0 Å². The molecule has 0 nitrogen and oxygen atoms in total. The molecular formula is C20H20As+. The van der Waals surface area contributed by atoms with Crippen molar-refractivity contribution < 1.29 is 0 Å². The van der Waals surface area contributed by atoms with Crippen molar-refractivity contribution in [3.05, 3.63) is 96.6 Å². The summed E-state index contributed by atoms with van der Waals surface area (Å²) in [5, 5.41) is 1.17. The van der Waals surface area contributed by atoms with Gasteiger partial charge in [0.05, 0.1) is 0 Å². The fourth-order valence-corrected chi connectivity index (χ4v) is 9.64. The van der Waals surface area contributed by atoms with Crippen molar-refractivity contribution >= 4 is 22.3 Å². The number of hydrogen-bond donors (Lipinski definition) is 0. The molecule has 0 aliphatic heterocycles. The van der Waals surface area contributed by atoms with E-state index in [9.17, 15) is 0 Å². The van der Waals surface area contributed by atoms with Crippen molar-refractivity contribution in [2.45, 2.75) is 10.9 Å². The van der Waals surface area contributed by atoms with Crippen LogP contribution in [0.5, 0.6) is 0 Å². The Morgan fingerprint density at radius 1 is 0.571 bits per heavy atom. The SMILES string of the molecule is C[As+](Cc1ccccc1)(c1ccccc1)c1ccccc1. The fraction of sp³-hybridized carbons (Fsp3) is 0.100. The van der Waals surface area contributed by atoms with Crippen LogP contribution in [0.1, 0.15) is 5.56 Å². The molecule has 0 heterocycles. The molecule has 1 heteroatoms. The molecule has 21 heavy (non-hydrogen) atoms. The van der Waals surface area contributed by atoms with Gasteiger partial charge in [-0.25, -0.2) is 0 Å². The van der Waals surface area contributed by atoms with Gasteiger partial charge < -0.3 is 0 Å². The third-order valence-electron chi connectivity index (χ3n) is 3.99. The van der Waals surface area contributed by atoms with Gasteiger partial charge in [0.2, 0.25) is 0 Å². The first-order chi connectivity index (χ1) is 10.3. The van der Waals surface area contributed by atoms with E-state index >= 15 is 0 Å². The molecule has 3 aromatic rings. The van der Waals surface area contributed by atoms with Crippen LogP contribution in [0, 0.1) is 0 Å². The second-order valence-corrected chi connectivity index (χ2v) is 13.3. The van der Waals surface area contributed by atoms with Crippen LogP contribution in [-0.4, -0.2) is 13.6 Å². The third-order valence-corrected chi connectivity index (χ3v) is 12.1. The van der Waals surface area contributed by atoms with Gasteiger partial charge in [0, 0.05) is 0 Å². The minimum atomic E-state index is -2.15. The normalized spacial score (nSPS) is 11.3. The monoisotopic (exact) mass is 335 g/mol. The molecule has 3 aromatic carbocycles. The summed E-state index contributed by atoms with van der Waals surface area (Å²) in [5.41, 5.74) is 3.95. The summed E-state index contributed by atoms with van der Waals surface area (Å²) >= 11 is -2.15. The van der Waals surface area contributed by atoms with Crippen molar-refractivity contribution in [1.82, 2.24) is 0 Å². The van der Waals surface area contributed by atoms with Crippen LogP contribution in [-0.2, 0) is 5.21 Å². The zero-order valence-electron chi connectivity index (χ0n) is 12.3. The van der Waals surface area contributed by atoms with Crippen LogP contribution in [0.25, 0.3) is 0 Å². The van der Waals surface area contributed by atoms with E-state index in [2.05, 4.69) is 96.7 Å². The van der Waals surface area contributed by atoms with E-state index in [1.807, 2.05) is 0 Å². The molecule has 0 N–H and O–H groups in total. The van der Waals surface area contributed by atoms with Gasteiger partial charge in [-0.3, -0.25) is 0 Å². The Hall–Kier alpha value is -1.78. The first-order valence-corrected chi connectivity index (χ1v) is 12.4. The zero-order valence-corrected chi connectivity index (χ0v) is 14.2. The summed E-state index contributed by atoms with van der Waals surface area (Å²) in [5.74, 6) is 0. The molecule has 0 aromatic heterocycles. The summed E-state index contributed by atoms with van der Waals surface area (Å²) in [6.07, 6.45) is 0. The molecule has 0 saturated heterocycles. The van der Waals surface area contributed by atoms with Crippen molar-refractivity contribution in [3.8, 4) is 0 Å². The summed E-state index contributed by atoms with van der Waals surface area (Å²) in [7, 11) is 0. The second-order valence-electron chi connectivity index (χ2n) is 5.51. The summed E-state index contributed by atoms with van der Waals surface area (Å²) < 4.78 is 3.07. The number of hydrogen-bond acceptors (Lipinski definition) is 0. The van der Waals surface area contributed by atoms with Gasteiger partial charge in [-0.05, 0) is 0 Å². The van der Waals surface area contributed by atoms with Crippen LogP contribution in [0.4, 0.5) is 0 Å². The molecule has 0 spiro atoms. The Labute approximate surface area is 129 Å². The van der Waals surface area contributed by atoms with Gasteiger partial charge in [-0.2, -0.15) is 0 Å². The van der Waals surface area contributed by atoms with Crippen LogP contribution < -0.4 is 8.70 Å². The predicted molar refractivity (Wildman–Crippen MR) is 93.9 cm³/mol. The van der Waals surface area contributed by atoms with Gasteiger partial charge in [0.1, 0.15) is 0 Å². The molecule has 0 aliphatic rings. The predicted octanol–water partition coefficient (Wildman–Crippen LogP) is 3.66. The van der Waals surface area contributed by atoms with Gasteiger partial charge in [0.25, 0.3) is 0 Å². The van der Waals surface area contributed by atoms with Crippen molar-refractivity contribution in [1.29, 1.82) is 0 Å². The summed E-state index contributed by atoms with van der Waals surface area (Å²) in [6.45, 7) is 0. The Morgan fingerprint density at radius 2 is 0.952 bits per heavy atom.